The van der Waals surface area contributed by atoms with Gasteiger partial charge in [-0.25, -0.2) is 0 Å². The minimum Gasteiger partial charge on any atom is -0.380 e. The van der Waals surface area contributed by atoms with Crippen molar-refractivity contribution in [1.29, 1.82) is 0 Å². The molecule has 78 valence electrons. The van der Waals surface area contributed by atoms with Crippen LogP contribution in [0.15, 0.2) is 28.7 Å². The Hall–Kier alpha value is -0.420. The zero-order valence-electron chi connectivity index (χ0n) is 8.16. The SMILES string of the molecule is CCOCC(NN)c1cccc(Br)c1. The monoisotopic (exact) mass is 258 g/mol. The van der Waals surface area contributed by atoms with Gasteiger partial charge in [-0.1, -0.05) is 28.1 Å². The maximum atomic E-state index is 5.45. The Morgan fingerprint density at radius 2 is 2.36 bits per heavy atom. The maximum absolute atomic E-state index is 5.45. The summed E-state index contributed by atoms with van der Waals surface area (Å²) in [6, 6.07) is 8.07. The summed E-state index contributed by atoms with van der Waals surface area (Å²) in [6.45, 7) is 3.25. The van der Waals surface area contributed by atoms with E-state index >= 15 is 0 Å². The predicted molar refractivity (Wildman–Crippen MR) is 60.7 cm³/mol. The molecule has 3 nitrogen and oxygen atoms in total. The van der Waals surface area contributed by atoms with Gasteiger partial charge in [0.05, 0.1) is 12.6 Å². The third-order valence-electron chi connectivity index (χ3n) is 1.94. The summed E-state index contributed by atoms with van der Waals surface area (Å²) < 4.78 is 6.37. The first-order valence-electron chi connectivity index (χ1n) is 4.57. The van der Waals surface area contributed by atoms with E-state index in [0.717, 1.165) is 10.0 Å². The lowest BCUT2D eigenvalue weighted by Gasteiger charge is -2.16. The third kappa shape index (κ3) is 3.38. The quantitative estimate of drug-likeness (QED) is 0.628. The highest BCUT2D eigenvalue weighted by atomic mass is 79.9. The smallest absolute Gasteiger partial charge is 0.0694 e. The van der Waals surface area contributed by atoms with Crippen molar-refractivity contribution in [2.45, 2.75) is 13.0 Å². The van der Waals surface area contributed by atoms with Crippen LogP contribution in [0.2, 0.25) is 0 Å². The lowest BCUT2D eigenvalue weighted by molar-refractivity contribution is 0.123. The summed E-state index contributed by atoms with van der Waals surface area (Å²) in [7, 11) is 0. The van der Waals surface area contributed by atoms with E-state index in [0.29, 0.717) is 13.2 Å². The van der Waals surface area contributed by atoms with Crippen LogP contribution in [0.4, 0.5) is 0 Å². The average Bonchev–Trinajstić information content (AvgIpc) is 2.19. The second-order valence-electron chi connectivity index (χ2n) is 2.93. The Bertz CT molecular complexity index is 281. The first-order chi connectivity index (χ1) is 6.77. The molecule has 4 heteroatoms. The molecule has 0 radical (unpaired) electrons. The molecule has 1 unspecified atom stereocenters. The van der Waals surface area contributed by atoms with Crippen molar-refractivity contribution in [3.8, 4) is 0 Å². The lowest BCUT2D eigenvalue weighted by Crippen LogP contribution is -2.31. The van der Waals surface area contributed by atoms with Gasteiger partial charge in [0.25, 0.3) is 0 Å². The number of nitrogens with two attached hydrogens (primary N) is 1. The van der Waals surface area contributed by atoms with Crippen LogP contribution in [0, 0.1) is 0 Å². The van der Waals surface area contributed by atoms with Crippen LogP contribution >= 0.6 is 15.9 Å². The van der Waals surface area contributed by atoms with E-state index in [1.54, 1.807) is 0 Å². The Balaban J connectivity index is 2.68. The maximum Gasteiger partial charge on any atom is 0.0694 e. The summed E-state index contributed by atoms with van der Waals surface area (Å²) in [4.78, 5) is 0. The summed E-state index contributed by atoms with van der Waals surface area (Å²) in [5.41, 5.74) is 3.86. The summed E-state index contributed by atoms with van der Waals surface area (Å²) in [5, 5.41) is 0. The molecule has 1 aromatic carbocycles. The number of hydrazine groups is 1. The lowest BCUT2D eigenvalue weighted by atomic mass is 10.1. The van der Waals surface area contributed by atoms with Crippen LogP contribution in [0.1, 0.15) is 18.5 Å². The fraction of sp³-hybridized carbons (Fsp3) is 0.400. The highest BCUT2D eigenvalue weighted by Crippen LogP contribution is 2.17. The number of hydrogen-bond donors (Lipinski definition) is 2. The fourth-order valence-electron chi connectivity index (χ4n) is 1.20. The predicted octanol–water partition coefficient (Wildman–Crippen LogP) is 1.99. The second-order valence-corrected chi connectivity index (χ2v) is 3.85. The minimum absolute atomic E-state index is 0.0486. The van der Waals surface area contributed by atoms with Crippen LogP contribution < -0.4 is 11.3 Å². The first kappa shape index (κ1) is 11.7. The molecule has 0 bridgehead atoms. The van der Waals surface area contributed by atoms with Gasteiger partial charge in [-0.15, -0.1) is 0 Å². The van der Waals surface area contributed by atoms with E-state index in [2.05, 4.69) is 21.4 Å². The molecule has 0 aliphatic carbocycles. The van der Waals surface area contributed by atoms with Crippen molar-refractivity contribution in [1.82, 2.24) is 5.43 Å². The minimum atomic E-state index is 0.0486. The molecule has 1 rings (SSSR count). The zero-order valence-corrected chi connectivity index (χ0v) is 9.75. The van der Waals surface area contributed by atoms with E-state index in [-0.39, 0.29) is 6.04 Å². The Morgan fingerprint density at radius 1 is 1.57 bits per heavy atom. The molecule has 0 aromatic heterocycles. The molecule has 14 heavy (non-hydrogen) atoms. The highest BCUT2D eigenvalue weighted by molar-refractivity contribution is 9.10. The molecule has 0 heterocycles. The van der Waals surface area contributed by atoms with E-state index < -0.39 is 0 Å². The molecule has 0 saturated heterocycles. The van der Waals surface area contributed by atoms with E-state index in [4.69, 9.17) is 10.6 Å². The number of rotatable bonds is 5. The Kier molecular flexibility index (Phi) is 5.11. The topological polar surface area (TPSA) is 47.3 Å². The fourth-order valence-corrected chi connectivity index (χ4v) is 1.62. The largest absolute Gasteiger partial charge is 0.380 e. The van der Waals surface area contributed by atoms with Crippen LogP contribution in [0.3, 0.4) is 0 Å². The van der Waals surface area contributed by atoms with Crippen LogP contribution in [-0.2, 0) is 4.74 Å². The van der Waals surface area contributed by atoms with Crippen molar-refractivity contribution in [2.24, 2.45) is 5.84 Å². The number of ether oxygens (including phenoxy) is 1. The molecule has 0 saturated carbocycles. The zero-order chi connectivity index (χ0) is 10.4. The van der Waals surface area contributed by atoms with E-state index in [1.165, 1.54) is 0 Å². The summed E-state index contributed by atoms with van der Waals surface area (Å²) in [6.07, 6.45) is 0. The molecule has 0 spiro atoms. The number of halogens is 1. The van der Waals surface area contributed by atoms with Crippen LogP contribution in [0.5, 0.6) is 0 Å². The van der Waals surface area contributed by atoms with Gasteiger partial charge in [0.2, 0.25) is 0 Å². The van der Waals surface area contributed by atoms with Crippen molar-refractivity contribution in [2.75, 3.05) is 13.2 Å². The van der Waals surface area contributed by atoms with Gasteiger partial charge in [-0.05, 0) is 24.6 Å². The van der Waals surface area contributed by atoms with Gasteiger partial charge >= 0.3 is 0 Å². The second kappa shape index (κ2) is 6.14. The molecule has 0 amide bonds. The number of benzene rings is 1. The molecule has 1 atom stereocenters. The Labute approximate surface area is 92.7 Å². The first-order valence-corrected chi connectivity index (χ1v) is 5.36. The van der Waals surface area contributed by atoms with Gasteiger partial charge in [0.15, 0.2) is 0 Å². The van der Waals surface area contributed by atoms with E-state index in [1.807, 2.05) is 31.2 Å². The molecule has 0 aliphatic heterocycles. The molecule has 0 fully saturated rings. The molecular formula is C10H15BrN2O. The van der Waals surface area contributed by atoms with E-state index in [9.17, 15) is 0 Å². The summed E-state index contributed by atoms with van der Waals surface area (Å²) >= 11 is 3.42. The molecular weight excluding hydrogens is 244 g/mol. The van der Waals surface area contributed by atoms with Crippen molar-refractivity contribution < 1.29 is 4.74 Å². The van der Waals surface area contributed by atoms with Gasteiger partial charge in [-0.3, -0.25) is 11.3 Å². The van der Waals surface area contributed by atoms with Crippen LogP contribution in [0.25, 0.3) is 0 Å². The van der Waals surface area contributed by atoms with Crippen molar-refractivity contribution in [3.63, 3.8) is 0 Å². The normalized spacial score (nSPS) is 12.8. The standard InChI is InChI=1S/C10H15BrN2O/c1-2-14-7-10(13-12)8-4-3-5-9(11)6-8/h3-6,10,13H,2,7,12H2,1H3. The molecule has 0 aliphatic rings. The van der Waals surface area contributed by atoms with Gasteiger partial charge < -0.3 is 4.74 Å². The molecule has 3 N–H and O–H groups in total. The number of hydrogen-bond acceptors (Lipinski definition) is 3. The van der Waals surface area contributed by atoms with Crippen molar-refractivity contribution >= 4 is 15.9 Å². The Morgan fingerprint density at radius 3 is 2.93 bits per heavy atom. The van der Waals surface area contributed by atoms with Crippen LogP contribution in [-0.4, -0.2) is 13.2 Å². The van der Waals surface area contributed by atoms with Crippen molar-refractivity contribution in [3.05, 3.63) is 34.3 Å². The van der Waals surface area contributed by atoms with Gasteiger partial charge in [0.1, 0.15) is 0 Å². The number of nitrogens with one attached hydrogen (secondary N) is 1. The summed E-state index contributed by atoms with van der Waals surface area (Å²) in [5.74, 6) is 5.45. The van der Waals surface area contributed by atoms with Gasteiger partial charge in [0, 0.05) is 11.1 Å². The highest BCUT2D eigenvalue weighted by Gasteiger charge is 2.08. The molecule has 1 aromatic rings. The van der Waals surface area contributed by atoms with Gasteiger partial charge in [-0.2, -0.15) is 0 Å². The third-order valence-corrected chi connectivity index (χ3v) is 2.43. The average molecular weight is 259 g/mol.